The Morgan fingerprint density at radius 3 is 2.71 bits per heavy atom. The minimum absolute atomic E-state index is 0.554. The predicted octanol–water partition coefficient (Wildman–Crippen LogP) is 4.01. The third-order valence-corrected chi connectivity index (χ3v) is 3.65. The van der Waals surface area contributed by atoms with E-state index >= 15 is 0 Å². The highest BCUT2D eigenvalue weighted by atomic mass is 79.9. The van der Waals surface area contributed by atoms with Crippen molar-refractivity contribution in [3.8, 4) is 6.07 Å². The largest absolute Gasteiger partial charge is 0.370 e. The topological polar surface area (TPSA) is 73.6 Å². The zero-order chi connectivity index (χ0) is 15.2. The van der Waals surface area contributed by atoms with E-state index in [-0.39, 0.29) is 0 Å². The van der Waals surface area contributed by atoms with Gasteiger partial charge < -0.3 is 10.6 Å². The summed E-state index contributed by atoms with van der Waals surface area (Å²) in [7, 11) is 0. The second kappa shape index (κ2) is 7.29. The molecule has 0 unspecified atom stereocenters. The van der Waals surface area contributed by atoms with Crippen LogP contribution in [0.2, 0.25) is 0 Å². The normalized spacial score (nSPS) is 10.0. The van der Waals surface area contributed by atoms with Crippen LogP contribution in [0.4, 0.5) is 17.3 Å². The van der Waals surface area contributed by atoms with E-state index in [1.54, 1.807) is 6.07 Å². The van der Waals surface area contributed by atoms with E-state index < -0.39 is 0 Å². The molecule has 1 aromatic carbocycles. The van der Waals surface area contributed by atoms with Crippen molar-refractivity contribution in [1.82, 2.24) is 9.97 Å². The quantitative estimate of drug-likeness (QED) is 0.617. The Morgan fingerprint density at radius 1 is 1.29 bits per heavy atom. The van der Waals surface area contributed by atoms with Crippen molar-refractivity contribution in [2.24, 2.45) is 0 Å². The summed E-state index contributed by atoms with van der Waals surface area (Å²) in [6, 6.07) is 9.49. The minimum Gasteiger partial charge on any atom is -0.370 e. The molecular formula is C14H14BrN5S. The van der Waals surface area contributed by atoms with Crippen LogP contribution in [0, 0.1) is 11.3 Å². The Hall–Kier alpha value is -1.78. The van der Waals surface area contributed by atoms with Gasteiger partial charge >= 0.3 is 0 Å². The van der Waals surface area contributed by atoms with Crippen molar-refractivity contribution in [1.29, 1.82) is 5.26 Å². The maximum Gasteiger partial charge on any atom is 0.191 e. The van der Waals surface area contributed by atoms with E-state index in [2.05, 4.69) is 42.6 Å². The van der Waals surface area contributed by atoms with Crippen LogP contribution in [0.3, 0.4) is 0 Å². The minimum atomic E-state index is 0.554. The Bertz CT molecular complexity index is 684. The van der Waals surface area contributed by atoms with E-state index in [4.69, 9.17) is 0 Å². The molecule has 0 radical (unpaired) electrons. The van der Waals surface area contributed by atoms with E-state index in [1.807, 2.05) is 31.4 Å². The molecule has 0 saturated carbocycles. The molecule has 0 atom stereocenters. The summed E-state index contributed by atoms with van der Waals surface area (Å²) in [5.41, 5.74) is 1.27. The molecule has 7 heteroatoms. The van der Waals surface area contributed by atoms with Crippen LogP contribution in [-0.4, -0.2) is 22.8 Å². The van der Waals surface area contributed by atoms with E-state index in [9.17, 15) is 5.26 Å². The molecule has 0 aliphatic rings. The fourth-order valence-electron chi connectivity index (χ4n) is 1.71. The van der Waals surface area contributed by atoms with Gasteiger partial charge in [-0.05, 0) is 31.4 Å². The predicted molar refractivity (Wildman–Crippen MR) is 90.1 cm³/mol. The molecule has 1 aromatic heterocycles. The first kappa shape index (κ1) is 15.6. The molecule has 2 N–H and O–H groups in total. The number of thioether (sulfide) groups is 1. The fraction of sp³-hybridized carbons (Fsp3) is 0.214. The van der Waals surface area contributed by atoms with Crippen molar-refractivity contribution in [2.75, 3.05) is 23.4 Å². The Kier molecular flexibility index (Phi) is 5.42. The van der Waals surface area contributed by atoms with Crippen molar-refractivity contribution < 1.29 is 0 Å². The lowest BCUT2D eigenvalue weighted by Crippen LogP contribution is -2.04. The number of nitrogens with zero attached hydrogens (tertiary/aromatic N) is 3. The fourth-order valence-corrected chi connectivity index (χ4v) is 2.45. The van der Waals surface area contributed by atoms with E-state index in [0.717, 1.165) is 16.8 Å². The molecule has 0 aliphatic carbocycles. The highest BCUT2D eigenvalue weighted by molar-refractivity contribution is 9.10. The molecule has 0 saturated heterocycles. The van der Waals surface area contributed by atoms with Gasteiger partial charge in [-0.3, -0.25) is 0 Å². The third kappa shape index (κ3) is 4.09. The first-order valence-electron chi connectivity index (χ1n) is 6.30. The van der Waals surface area contributed by atoms with Gasteiger partial charge in [0.25, 0.3) is 0 Å². The van der Waals surface area contributed by atoms with Crippen LogP contribution in [-0.2, 0) is 0 Å². The standard InChI is InChI=1S/C14H14BrN5S/c1-3-17-12-7-13(20-14(19-12)21-2)18-11-5-4-10(15)6-9(11)8-16/h4-7H,3H2,1-2H3,(H2,17,18,19,20). The van der Waals surface area contributed by atoms with Gasteiger partial charge in [-0.1, -0.05) is 27.7 Å². The smallest absolute Gasteiger partial charge is 0.191 e. The maximum absolute atomic E-state index is 9.20. The first-order valence-corrected chi connectivity index (χ1v) is 8.31. The summed E-state index contributed by atoms with van der Waals surface area (Å²) >= 11 is 4.83. The van der Waals surface area contributed by atoms with Gasteiger partial charge in [-0.25, -0.2) is 9.97 Å². The molecule has 0 aliphatic heterocycles. The molecule has 0 spiro atoms. The number of aromatic nitrogens is 2. The zero-order valence-corrected chi connectivity index (χ0v) is 14.0. The lowest BCUT2D eigenvalue weighted by Gasteiger charge is -2.11. The number of hydrogen-bond acceptors (Lipinski definition) is 6. The third-order valence-electron chi connectivity index (χ3n) is 2.61. The van der Waals surface area contributed by atoms with Gasteiger partial charge in [-0.2, -0.15) is 5.26 Å². The molecule has 1 heterocycles. The maximum atomic E-state index is 9.20. The van der Waals surface area contributed by atoms with E-state index in [0.29, 0.717) is 22.2 Å². The number of nitrogens with one attached hydrogen (secondary N) is 2. The average molecular weight is 364 g/mol. The average Bonchev–Trinajstić information content (AvgIpc) is 2.49. The van der Waals surface area contributed by atoms with Crippen LogP contribution in [0.1, 0.15) is 12.5 Å². The van der Waals surface area contributed by atoms with Gasteiger partial charge in [0, 0.05) is 17.1 Å². The number of nitriles is 1. The number of anilines is 3. The van der Waals surface area contributed by atoms with Crippen molar-refractivity contribution >= 4 is 45.0 Å². The molecular weight excluding hydrogens is 350 g/mol. The Labute approximate surface area is 136 Å². The molecule has 108 valence electrons. The summed E-state index contributed by atoms with van der Waals surface area (Å²) in [4.78, 5) is 8.78. The summed E-state index contributed by atoms with van der Waals surface area (Å²) < 4.78 is 0.866. The van der Waals surface area contributed by atoms with Crippen molar-refractivity contribution in [3.63, 3.8) is 0 Å². The summed E-state index contributed by atoms with van der Waals surface area (Å²) in [6.07, 6.45) is 1.93. The molecule has 21 heavy (non-hydrogen) atoms. The number of benzene rings is 1. The van der Waals surface area contributed by atoms with Gasteiger partial charge in [0.1, 0.15) is 17.7 Å². The van der Waals surface area contributed by atoms with Crippen LogP contribution in [0.15, 0.2) is 33.9 Å². The summed E-state index contributed by atoms with van der Waals surface area (Å²) in [5.74, 6) is 1.42. The molecule has 0 bridgehead atoms. The molecule has 5 nitrogen and oxygen atoms in total. The van der Waals surface area contributed by atoms with Gasteiger partial charge in [0.2, 0.25) is 0 Å². The van der Waals surface area contributed by atoms with Crippen LogP contribution >= 0.6 is 27.7 Å². The molecule has 0 amide bonds. The Morgan fingerprint density at radius 2 is 2.05 bits per heavy atom. The lowest BCUT2D eigenvalue weighted by atomic mass is 10.2. The van der Waals surface area contributed by atoms with Gasteiger partial charge in [0.15, 0.2) is 5.16 Å². The molecule has 2 rings (SSSR count). The molecule has 2 aromatic rings. The Balaban J connectivity index is 2.35. The SMILES string of the molecule is CCNc1cc(Nc2ccc(Br)cc2C#N)nc(SC)n1. The van der Waals surface area contributed by atoms with Crippen molar-refractivity contribution in [3.05, 3.63) is 34.3 Å². The highest BCUT2D eigenvalue weighted by Gasteiger charge is 2.07. The summed E-state index contributed by atoms with van der Waals surface area (Å²) in [6.45, 7) is 2.79. The monoisotopic (exact) mass is 363 g/mol. The highest BCUT2D eigenvalue weighted by Crippen LogP contribution is 2.25. The first-order chi connectivity index (χ1) is 10.2. The number of halogens is 1. The number of hydrogen-bond donors (Lipinski definition) is 2. The second-order valence-electron chi connectivity index (χ2n) is 4.08. The van der Waals surface area contributed by atoms with E-state index in [1.165, 1.54) is 11.8 Å². The molecule has 0 fully saturated rings. The van der Waals surface area contributed by atoms with Crippen LogP contribution < -0.4 is 10.6 Å². The number of rotatable bonds is 5. The van der Waals surface area contributed by atoms with Crippen LogP contribution in [0.5, 0.6) is 0 Å². The lowest BCUT2D eigenvalue weighted by molar-refractivity contribution is 0.967. The second-order valence-corrected chi connectivity index (χ2v) is 5.77. The van der Waals surface area contributed by atoms with Crippen molar-refractivity contribution in [2.45, 2.75) is 12.1 Å². The zero-order valence-electron chi connectivity index (χ0n) is 11.6. The summed E-state index contributed by atoms with van der Waals surface area (Å²) in [5, 5.41) is 16.2. The van der Waals surface area contributed by atoms with Crippen LogP contribution in [0.25, 0.3) is 0 Å². The van der Waals surface area contributed by atoms with Gasteiger partial charge in [0.05, 0.1) is 11.3 Å². The van der Waals surface area contributed by atoms with Gasteiger partial charge in [-0.15, -0.1) is 0 Å².